The standard InChI is InChI=1S/C23H30N4O6/c1-4-30-18-14-17(15-19(31-5-2)21(18)32-6-3)22(29)33-16-20(28)26-10-12-27(13-11-26)23-24-8-7-9-25-23/h7-9,14-15H,4-6,10-13,16H2,1-3H3. The van der Waals surface area contributed by atoms with Gasteiger partial charge >= 0.3 is 5.97 Å². The van der Waals surface area contributed by atoms with Gasteiger partial charge in [0.05, 0.1) is 25.4 Å². The first-order valence-corrected chi connectivity index (χ1v) is 11.1. The largest absolute Gasteiger partial charge is 0.490 e. The number of esters is 1. The van der Waals surface area contributed by atoms with Crippen LogP contribution in [0.25, 0.3) is 0 Å². The molecule has 33 heavy (non-hydrogen) atoms. The third kappa shape index (κ3) is 6.24. The summed E-state index contributed by atoms with van der Waals surface area (Å²) in [5.41, 5.74) is 0.226. The predicted octanol–water partition coefficient (Wildman–Crippen LogP) is 2.18. The van der Waals surface area contributed by atoms with Gasteiger partial charge in [-0.05, 0) is 39.0 Å². The molecule has 1 aliphatic heterocycles. The molecule has 0 radical (unpaired) electrons. The van der Waals surface area contributed by atoms with Crippen molar-refractivity contribution in [3.63, 3.8) is 0 Å². The van der Waals surface area contributed by atoms with Gasteiger partial charge in [0.1, 0.15) is 0 Å². The van der Waals surface area contributed by atoms with E-state index in [1.807, 2.05) is 25.7 Å². The molecule has 1 saturated heterocycles. The van der Waals surface area contributed by atoms with E-state index in [9.17, 15) is 9.59 Å². The Bertz CT molecular complexity index is 905. The lowest BCUT2D eigenvalue weighted by atomic mass is 10.2. The third-order valence-corrected chi connectivity index (χ3v) is 4.94. The number of ether oxygens (including phenoxy) is 4. The Morgan fingerprint density at radius 3 is 2.00 bits per heavy atom. The normalized spacial score (nSPS) is 13.4. The summed E-state index contributed by atoms with van der Waals surface area (Å²) in [6, 6.07) is 4.85. The van der Waals surface area contributed by atoms with Crippen LogP contribution in [-0.4, -0.2) is 79.4 Å². The maximum atomic E-state index is 12.7. The molecule has 1 aromatic carbocycles. The maximum Gasteiger partial charge on any atom is 0.338 e. The Morgan fingerprint density at radius 1 is 0.879 bits per heavy atom. The summed E-state index contributed by atoms with van der Waals surface area (Å²) in [6.45, 7) is 8.60. The first kappa shape index (κ1) is 24.1. The van der Waals surface area contributed by atoms with Crippen LogP contribution in [0.2, 0.25) is 0 Å². The van der Waals surface area contributed by atoms with E-state index in [-0.39, 0.29) is 18.1 Å². The van der Waals surface area contributed by atoms with Crippen molar-refractivity contribution in [2.24, 2.45) is 0 Å². The van der Waals surface area contributed by atoms with Crippen LogP contribution in [0.15, 0.2) is 30.6 Å². The lowest BCUT2D eigenvalue weighted by molar-refractivity contribution is -0.134. The van der Waals surface area contributed by atoms with Crippen molar-refractivity contribution in [1.82, 2.24) is 14.9 Å². The number of rotatable bonds is 10. The average molecular weight is 459 g/mol. The number of hydrogen-bond donors (Lipinski definition) is 0. The fourth-order valence-electron chi connectivity index (χ4n) is 3.42. The van der Waals surface area contributed by atoms with Crippen LogP contribution >= 0.6 is 0 Å². The van der Waals surface area contributed by atoms with Gasteiger partial charge in [-0.1, -0.05) is 0 Å². The van der Waals surface area contributed by atoms with E-state index in [0.29, 0.717) is 69.2 Å². The zero-order chi connectivity index (χ0) is 23.6. The Hall–Kier alpha value is -3.56. The summed E-state index contributed by atoms with van der Waals surface area (Å²) in [5.74, 6) is 0.976. The molecule has 1 aliphatic rings. The van der Waals surface area contributed by atoms with Crippen molar-refractivity contribution in [2.45, 2.75) is 20.8 Å². The van der Waals surface area contributed by atoms with E-state index in [2.05, 4.69) is 9.97 Å². The Balaban J connectivity index is 1.60. The van der Waals surface area contributed by atoms with Crippen molar-refractivity contribution in [3.8, 4) is 17.2 Å². The highest BCUT2D eigenvalue weighted by atomic mass is 16.5. The maximum absolute atomic E-state index is 12.7. The first-order chi connectivity index (χ1) is 16.1. The Morgan fingerprint density at radius 2 is 1.45 bits per heavy atom. The van der Waals surface area contributed by atoms with Gasteiger partial charge in [-0.2, -0.15) is 0 Å². The minimum atomic E-state index is -0.635. The number of nitrogens with zero attached hydrogens (tertiary/aromatic N) is 4. The Labute approximate surface area is 193 Å². The zero-order valence-electron chi connectivity index (χ0n) is 19.3. The number of anilines is 1. The van der Waals surface area contributed by atoms with Gasteiger partial charge in [-0.15, -0.1) is 0 Å². The van der Waals surface area contributed by atoms with Gasteiger partial charge in [0, 0.05) is 38.6 Å². The van der Waals surface area contributed by atoms with Crippen LogP contribution in [0.4, 0.5) is 5.95 Å². The number of benzene rings is 1. The summed E-state index contributed by atoms with van der Waals surface area (Å²) in [6.07, 6.45) is 3.38. The van der Waals surface area contributed by atoms with Gasteiger partial charge in [0.2, 0.25) is 11.7 Å². The van der Waals surface area contributed by atoms with E-state index >= 15 is 0 Å². The number of carbonyl (C=O) groups is 2. The second-order valence-corrected chi connectivity index (χ2v) is 7.09. The molecule has 0 saturated carbocycles. The summed E-state index contributed by atoms with van der Waals surface area (Å²) in [7, 11) is 0. The minimum absolute atomic E-state index is 0.226. The van der Waals surface area contributed by atoms with Crippen LogP contribution in [0.3, 0.4) is 0 Å². The minimum Gasteiger partial charge on any atom is -0.490 e. The van der Waals surface area contributed by atoms with Gasteiger partial charge in [0.15, 0.2) is 18.1 Å². The second-order valence-electron chi connectivity index (χ2n) is 7.09. The molecule has 0 N–H and O–H groups in total. The SMILES string of the molecule is CCOc1cc(C(=O)OCC(=O)N2CCN(c3ncccn3)CC2)cc(OCC)c1OCC. The van der Waals surface area contributed by atoms with E-state index in [1.54, 1.807) is 35.5 Å². The highest BCUT2D eigenvalue weighted by molar-refractivity contribution is 5.93. The molecule has 0 bridgehead atoms. The van der Waals surface area contributed by atoms with Crippen LogP contribution in [0, 0.1) is 0 Å². The van der Waals surface area contributed by atoms with Gasteiger partial charge in [-0.25, -0.2) is 14.8 Å². The van der Waals surface area contributed by atoms with Gasteiger partial charge < -0.3 is 28.7 Å². The molecule has 3 rings (SSSR count). The average Bonchev–Trinajstić information content (AvgIpc) is 2.85. The molecule has 0 atom stereocenters. The first-order valence-electron chi connectivity index (χ1n) is 11.1. The predicted molar refractivity (Wildman–Crippen MR) is 121 cm³/mol. The molecule has 0 unspecified atom stereocenters. The lowest BCUT2D eigenvalue weighted by Gasteiger charge is -2.34. The number of piperazine rings is 1. The molecule has 0 spiro atoms. The highest BCUT2D eigenvalue weighted by Gasteiger charge is 2.24. The molecule has 1 aromatic heterocycles. The Kier molecular flexibility index (Phi) is 8.68. The number of aromatic nitrogens is 2. The van der Waals surface area contributed by atoms with Crippen molar-refractivity contribution in [3.05, 3.63) is 36.2 Å². The molecule has 178 valence electrons. The summed E-state index contributed by atoms with van der Waals surface area (Å²) in [4.78, 5) is 37.4. The summed E-state index contributed by atoms with van der Waals surface area (Å²) >= 11 is 0. The van der Waals surface area contributed by atoms with Crippen LogP contribution in [-0.2, 0) is 9.53 Å². The topological polar surface area (TPSA) is 103 Å². The molecule has 0 aliphatic carbocycles. The zero-order valence-corrected chi connectivity index (χ0v) is 19.3. The monoisotopic (exact) mass is 458 g/mol. The molecule has 2 heterocycles. The van der Waals surface area contributed by atoms with E-state index in [1.165, 1.54) is 0 Å². The smallest absolute Gasteiger partial charge is 0.338 e. The van der Waals surface area contributed by atoms with Gasteiger partial charge in [-0.3, -0.25) is 4.79 Å². The van der Waals surface area contributed by atoms with Gasteiger partial charge in [0.25, 0.3) is 5.91 Å². The summed E-state index contributed by atoms with van der Waals surface area (Å²) in [5, 5.41) is 0. The third-order valence-electron chi connectivity index (χ3n) is 4.94. The number of carbonyl (C=O) groups excluding carboxylic acids is 2. The van der Waals surface area contributed by atoms with Crippen LogP contribution in [0.1, 0.15) is 31.1 Å². The molecular formula is C23H30N4O6. The number of amides is 1. The van der Waals surface area contributed by atoms with Crippen LogP contribution < -0.4 is 19.1 Å². The lowest BCUT2D eigenvalue weighted by Crippen LogP contribution is -2.50. The number of hydrogen-bond acceptors (Lipinski definition) is 9. The highest BCUT2D eigenvalue weighted by Crippen LogP contribution is 2.39. The summed E-state index contributed by atoms with van der Waals surface area (Å²) < 4.78 is 22.2. The molecule has 10 heteroatoms. The van der Waals surface area contributed by atoms with E-state index in [0.717, 1.165) is 0 Å². The van der Waals surface area contributed by atoms with Crippen molar-refractivity contribution < 1.29 is 28.5 Å². The molecule has 1 amide bonds. The molecule has 10 nitrogen and oxygen atoms in total. The van der Waals surface area contributed by atoms with E-state index < -0.39 is 5.97 Å². The molecule has 1 fully saturated rings. The van der Waals surface area contributed by atoms with Crippen molar-refractivity contribution in [2.75, 3.05) is 57.5 Å². The fraction of sp³-hybridized carbons (Fsp3) is 0.478. The quantitative estimate of drug-likeness (QED) is 0.496. The van der Waals surface area contributed by atoms with Crippen molar-refractivity contribution >= 4 is 17.8 Å². The van der Waals surface area contributed by atoms with E-state index in [4.69, 9.17) is 18.9 Å². The fourth-order valence-corrected chi connectivity index (χ4v) is 3.42. The van der Waals surface area contributed by atoms with Crippen molar-refractivity contribution in [1.29, 1.82) is 0 Å². The van der Waals surface area contributed by atoms with Crippen LogP contribution in [0.5, 0.6) is 17.2 Å². The second kappa shape index (κ2) is 11.9. The molecular weight excluding hydrogens is 428 g/mol. The molecule has 2 aromatic rings.